The van der Waals surface area contributed by atoms with Crippen LogP contribution in [0.15, 0.2) is 23.1 Å². The topological polar surface area (TPSA) is 84.9 Å². The van der Waals surface area contributed by atoms with E-state index in [2.05, 4.69) is 12.2 Å². The minimum atomic E-state index is -3.63. The molecular weight excluding hydrogens is 452 g/mol. The van der Waals surface area contributed by atoms with Crippen LogP contribution in [0.4, 0.5) is 0 Å². The van der Waals surface area contributed by atoms with Crippen molar-refractivity contribution < 1.29 is 22.7 Å². The van der Waals surface area contributed by atoms with Crippen LogP contribution in [0.2, 0.25) is 0 Å². The largest absolute Gasteiger partial charge is 0.486 e. The lowest BCUT2D eigenvalue weighted by molar-refractivity contribution is -0.130. The molecule has 1 amide bonds. The summed E-state index contributed by atoms with van der Waals surface area (Å²) in [5.41, 5.74) is 0.284. The molecule has 7 nitrogen and oxygen atoms in total. The highest BCUT2D eigenvalue weighted by atomic mass is 32.2. The van der Waals surface area contributed by atoms with E-state index in [1.165, 1.54) is 42.8 Å². The van der Waals surface area contributed by atoms with E-state index in [1.54, 1.807) is 18.2 Å². The molecule has 0 spiro atoms. The number of nitrogens with zero attached hydrogens (tertiary/aromatic N) is 1. The lowest BCUT2D eigenvalue weighted by atomic mass is 9.48. The maximum Gasteiger partial charge on any atom is 0.243 e. The quantitative estimate of drug-likeness (QED) is 0.685. The molecular formula is C26H36N2O5S. The molecule has 4 bridgehead atoms. The minimum Gasteiger partial charge on any atom is -0.486 e. The molecule has 1 atom stereocenters. The van der Waals surface area contributed by atoms with E-state index in [9.17, 15) is 13.2 Å². The van der Waals surface area contributed by atoms with Gasteiger partial charge in [-0.25, -0.2) is 8.42 Å². The summed E-state index contributed by atoms with van der Waals surface area (Å²) in [6, 6.07) is 4.99. The van der Waals surface area contributed by atoms with Crippen molar-refractivity contribution in [2.75, 3.05) is 26.3 Å². The van der Waals surface area contributed by atoms with Gasteiger partial charge in [-0.05, 0) is 93.6 Å². The molecule has 5 fully saturated rings. The summed E-state index contributed by atoms with van der Waals surface area (Å²) in [6.07, 6.45) is 9.13. The van der Waals surface area contributed by atoms with Gasteiger partial charge in [0.2, 0.25) is 15.9 Å². The molecule has 0 radical (unpaired) electrons. The van der Waals surface area contributed by atoms with Gasteiger partial charge in [0, 0.05) is 31.1 Å². The number of carbonyl (C=O) groups excluding carboxylic acids is 1. The molecule has 7 rings (SSSR count). The van der Waals surface area contributed by atoms with Crippen LogP contribution in [0, 0.1) is 29.1 Å². The van der Waals surface area contributed by atoms with Crippen molar-refractivity contribution in [3.05, 3.63) is 18.2 Å². The molecule has 1 N–H and O–H groups in total. The highest BCUT2D eigenvalue weighted by Crippen LogP contribution is 2.61. The van der Waals surface area contributed by atoms with Crippen LogP contribution in [0.1, 0.15) is 58.3 Å². The third kappa shape index (κ3) is 3.91. The van der Waals surface area contributed by atoms with Gasteiger partial charge in [0.1, 0.15) is 13.2 Å². The molecule has 2 aliphatic heterocycles. The molecule has 6 aliphatic rings. The summed E-state index contributed by atoms with van der Waals surface area (Å²) in [7, 11) is -3.63. The summed E-state index contributed by atoms with van der Waals surface area (Å²) in [4.78, 5) is 13.4. The first-order valence-corrected chi connectivity index (χ1v) is 14.5. The van der Waals surface area contributed by atoms with Crippen LogP contribution in [0.3, 0.4) is 0 Å². The molecule has 34 heavy (non-hydrogen) atoms. The van der Waals surface area contributed by atoms with Crippen molar-refractivity contribution in [2.45, 2.75) is 69.2 Å². The molecule has 2 heterocycles. The van der Waals surface area contributed by atoms with Crippen molar-refractivity contribution >= 4 is 15.9 Å². The van der Waals surface area contributed by atoms with Gasteiger partial charge < -0.3 is 14.8 Å². The summed E-state index contributed by atoms with van der Waals surface area (Å²) >= 11 is 0. The number of ether oxygens (including phenoxy) is 2. The molecule has 186 valence electrons. The Hall–Kier alpha value is -1.80. The van der Waals surface area contributed by atoms with E-state index < -0.39 is 10.0 Å². The van der Waals surface area contributed by atoms with E-state index in [-0.39, 0.29) is 28.2 Å². The van der Waals surface area contributed by atoms with E-state index >= 15 is 0 Å². The van der Waals surface area contributed by atoms with Crippen molar-refractivity contribution in [2.24, 2.45) is 29.1 Å². The number of hydrogen-bond acceptors (Lipinski definition) is 5. The van der Waals surface area contributed by atoms with Gasteiger partial charge in [-0.2, -0.15) is 4.31 Å². The van der Waals surface area contributed by atoms with Crippen LogP contribution in [-0.2, 0) is 14.8 Å². The van der Waals surface area contributed by atoms with Gasteiger partial charge in [0.25, 0.3) is 0 Å². The Morgan fingerprint density at radius 2 is 1.59 bits per heavy atom. The standard InChI is InChI=1S/C26H36N2O5S/c1-17(26-14-18-10-19(15-26)12-20(11-18)16-26)27-25(29)21-4-6-28(7-5-21)34(30,31)22-2-3-23-24(13-22)33-9-8-32-23/h2-3,13,17-21H,4-12,14-16H2,1H3,(H,27,29)/t17-,18?,19?,20?,26?/m0/s1. The van der Waals surface area contributed by atoms with E-state index in [0.717, 1.165) is 17.8 Å². The number of carbonyl (C=O) groups is 1. The Morgan fingerprint density at radius 1 is 1.00 bits per heavy atom. The highest BCUT2D eigenvalue weighted by molar-refractivity contribution is 7.89. The van der Waals surface area contributed by atoms with Crippen LogP contribution in [-0.4, -0.2) is 51.0 Å². The zero-order chi connectivity index (χ0) is 23.5. The Labute approximate surface area is 202 Å². The third-order valence-corrected chi connectivity index (χ3v) is 11.2. The number of rotatable bonds is 5. The number of piperidine rings is 1. The number of sulfonamides is 1. The van der Waals surface area contributed by atoms with Crippen LogP contribution >= 0.6 is 0 Å². The molecule has 1 saturated heterocycles. The summed E-state index contributed by atoms with van der Waals surface area (Å²) < 4.78 is 39.0. The number of hydrogen-bond donors (Lipinski definition) is 1. The second kappa shape index (κ2) is 8.40. The fourth-order valence-corrected chi connectivity index (χ4v) is 9.37. The highest BCUT2D eigenvalue weighted by Gasteiger charge is 2.53. The second-order valence-electron chi connectivity index (χ2n) is 11.5. The zero-order valence-electron chi connectivity index (χ0n) is 20.0. The van der Waals surface area contributed by atoms with E-state index in [4.69, 9.17) is 9.47 Å². The van der Waals surface area contributed by atoms with Crippen molar-refractivity contribution in [1.82, 2.24) is 9.62 Å². The summed E-state index contributed by atoms with van der Waals surface area (Å²) in [6.45, 7) is 3.82. The van der Waals surface area contributed by atoms with Crippen LogP contribution in [0.25, 0.3) is 0 Å². The average molecular weight is 489 g/mol. The summed E-state index contributed by atoms with van der Waals surface area (Å²) in [5, 5.41) is 3.39. The lowest BCUT2D eigenvalue weighted by Gasteiger charge is -2.59. The molecule has 8 heteroatoms. The zero-order valence-corrected chi connectivity index (χ0v) is 20.8. The molecule has 1 aromatic carbocycles. The molecule has 0 unspecified atom stereocenters. The predicted octanol–water partition coefficient (Wildman–Crippen LogP) is 3.58. The van der Waals surface area contributed by atoms with E-state index in [1.807, 2.05) is 0 Å². The van der Waals surface area contributed by atoms with Gasteiger partial charge in [0.15, 0.2) is 11.5 Å². The lowest BCUT2D eigenvalue weighted by Crippen LogP contribution is -2.56. The first-order valence-electron chi connectivity index (χ1n) is 13.0. The first-order chi connectivity index (χ1) is 16.3. The molecule has 4 saturated carbocycles. The first kappa shape index (κ1) is 22.7. The van der Waals surface area contributed by atoms with Crippen molar-refractivity contribution in [1.29, 1.82) is 0 Å². The number of fused-ring (bicyclic) bond motifs is 1. The van der Waals surface area contributed by atoms with Crippen molar-refractivity contribution in [3.8, 4) is 11.5 Å². The SMILES string of the molecule is C[C@H](NC(=O)C1CCN(S(=O)(=O)c2ccc3c(c2)OCCO3)CC1)C12CC3CC(CC(C3)C1)C2. The monoisotopic (exact) mass is 488 g/mol. The summed E-state index contributed by atoms with van der Waals surface area (Å²) in [5.74, 6) is 3.62. The average Bonchev–Trinajstić information content (AvgIpc) is 2.83. The number of amides is 1. The Kier molecular flexibility index (Phi) is 5.60. The maximum atomic E-state index is 13.2. The Bertz CT molecular complexity index is 1030. The Morgan fingerprint density at radius 3 is 2.21 bits per heavy atom. The smallest absolute Gasteiger partial charge is 0.243 e. The van der Waals surface area contributed by atoms with E-state index in [0.29, 0.717) is 50.6 Å². The number of nitrogens with one attached hydrogen (secondary N) is 1. The van der Waals surface area contributed by atoms with Crippen LogP contribution < -0.4 is 14.8 Å². The Balaban J connectivity index is 1.07. The van der Waals surface area contributed by atoms with Crippen molar-refractivity contribution in [3.63, 3.8) is 0 Å². The fraction of sp³-hybridized carbons (Fsp3) is 0.731. The second-order valence-corrected chi connectivity index (χ2v) is 13.4. The van der Waals surface area contributed by atoms with Gasteiger partial charge >= 0.3 is 0 Å². The molecule has 1 aromatic rings. The van der Waals surface area contributed by atoms with Gasteiger partial charge in [-0.3, -0.25) is 4.79 Å². The van der Waals surface area contributed by atoms with Gasteiger partial charge in [0.05, 0.1) is 4.90 Å². The van der Waals surface area contributed by atoms with Gasteiger partial charge in [-0.15, -0.1) is 0 Å². The number of benzene rings is 1. The van der Waals surface area contributed by atoms with Gasteiger partial charge in [-0.1, -0.05) is 0 Å². The fourth-order valence-electron chi connectivity index (χ4n) is 7.88. The predicted molar refractivity (Wildman–Crippen MR) is 127 cm³/mol. The van der Waals surface area contributed by atoms with Crippen LogP contribution in [0.5, 0.6) is 11.5 Å². The third-order valence-electron chi connectivity index (χ3n) is 9.34. The minimum absolute atomic E-state index is 0.111. The molecule has 4 aliphatic carbocycles. The molecule has 0 aromatic heterocycles. The maximum absolute atomic E-state index is 13.2. The normalized spacial score (nSPS) is 34.1.